The molecule has 1 aliphatic heterocycles. The Kier molecular flexibility index (Phi) is 2.95. The Labute approximate surface area is 98.3 Å². The van der Waals surface area contributed by atoms with Gasteiger partial charge in [-0.1, -0.05) is 5.16 Å². The summed E-state index contributed by atoms with van der Waals surface area (Å²) in [7, 11) is 4.36. The van der Waals surface area contributed by atoms with Gasteiger partial charge in [0.1, 0.15) is 25.2 Å². The lowest BCUT2D eigenvalue weighted by Crippen LogP contribution is -2.04. The molecule has 0 unspecified atom stereocenters. The van der Waals surface area contributed by atoms with Crippen molar-refractivity contribution in [3.05, 3.63) is 11.6 Å². The molecule has 0 saturated heterocycles. The number of methoxy groups -OCH3 is 2. The van der Waals surface area contributed by atoms with E-state index in [1.165, 1.54) is 21.3 Å². The Morgan fingerprint density at radius 1 is 1.29 bits per heavy atom. The summed E-state index contributed by atoms with van der Waals surface area (Å²) in [6, 6.07) is 1.59. The quantitative estimate of drug-likeness (QED) is 0.801. The van der Waals surface area contributed by atoms with Crippen LogP contribution >= 0.6 is 0 Å². The van der Waals surface area contributed by atoms with E-state index in [2.05, 4.69) is 5.16 Å². The molecule has 92 valence electrons. The molecule has 0 atom stereocenters. The largest absolute Gasteiger partial charge is 0.502 e. The van der Waals surface area contributed by atoms with Crippen molar-refractivity contribution in [1.82, 2.24) is 0 Å². The van der Waals surface area contributed by atoms with Crippen LogP contribution in [0.2, 0.25) is 0 Å². The molecule has 1 aromatic rings. The second kappa shape index (κ2) is 4.40. The van der Waals surface area contributed by atoms with Crippen LogP contribution in [0.15, 0.2) is 11.2 Å². The maximum atomic E-state index is 9.94. The summed E-state index contributed by atoms with van der Waals surface area (Å²) in [6.45, 7) is 0.270. The van der Waals surface area contributed by atoms with Crippen molar-refractivity contribution in [2.24, 2.45) is 5.16 Å². The summed E-state index contributed by atoms with van der Waals surface area (Å²) in [5, 5.41) is 13.8. The number of hydrogen-bond donors (Lipinski definition) is 1. The van der Waals surface area contributed by atoms with E-state index in [0.29, 0.717) is 22.8 Å². The van der Waals surface area contributed by atoms with Crippen LogP contribution in [-0.4, -0.2) is 38.8 Å². The van der Waals surface area contributed by atoms with Crippen LogP contribution in [0.25, 0.3) is 0 Å². The third-order valence-corrected chi connectivity index (χ3v) is 2.46. The van der Waals surface area contributed by atoms with Crippen molar-refractivity contribution in [2.45, 2.75) is 0 Å². The van der Waals surface area contributed by atoms with E-state index in [-0.39, 0.29) is 18.1 Å². The molecule has 0 aromatic heterocycles. The minimum Gasteiger partial charge on any atom is -0.502 e. The van der Waals surface area contributed by atoms with Crippen molar-refractivity contribution in [2.75, 3.05) is 27.9 Å². The minimum atomic E-state index is -0.0805. The lowest BCUT2D eigenvalue weighted by atomic mass is 10.1. The topological polar surface area (TPSA) is 69.5 Å². The monoisotopic (exact) mass is 239 g/mol. The first-order valence-electron chi connectivity index (χ1n) is 4.94. The number of hydrogen-bond acceptors (Lipinski definition) is 6. The van der Waals surface area contributed by atoms with Gasteiger partial charge in [0.15, 0.2) is 11.5 Å². The molecule has 1 heterocycles. The minimum absolute atomic E-state index is 0.0805. The highest BCUT2D eigenvalue weighted by atomic mass is 16.6. The maximum Gasteiger partial charge on any atom is 0.201 e. The SMILES string of the molecule is CON=C1COc2cc(OC)c(O)c(OC)c21. The fraction of sp³-hybridized carbons (Fsp3) is 0.364. The van der Waals surface area contributed by atoms with Crippen LogP contribution in [0.3, 0.4) is 0 Å². The van der Waals surface area contributed by atoms with E-state index in [1.807, 2.05) is 0 Å². The summed E-state index contributed by atoms with van der Waals surface area (Å²) < 4.78 is 15.6. The first kappa shape index (κ1) is 11.4. The molecule has 6 heteroatoms. The van der Waals surface area contributed by atoms with Gasteiger partial charge in [0.05, 0.1) is 19.8 Å². The highest BCUT2D eigenvalue weighted by Gasteiger charge is 2.29. The van der Waals surface area contributed by atoms with Gasteiger partial charge < -0.3 is 24.2 Å². The van der Waals surface area contributed by atoms with Crippen LogP contribution in [0.1, 0.15) is 5.56 Å². The number of ether oxygens (including phenoxy) is 3. The maximum absolute atomic E-state index is 9.94. The predicted molar refractivity (Wildman–Crippen MR) is 60.3 cm³/mol. The zero-order chi connectivity index (χ0) is 12.4. The summed E-state index contributed by atoms with van der Waals surface area (Å²) in [4.78, 5) is 4.72. The lowest BCUT2D eigenvalue weighted by molar-refractivity contribution is 0.211. The molecule has 2 rings (SSSR count). The average molecular weight is 239 g/mol. The van der Waals surface area contributed by atoms with Crippen LogP contribution in [-0.2, 0) is 4.84 Å². The van der Waals surface area contributed by atoms with Crippen molar-refractivity contribution < 1.29 is 24.2 Å². The molecule has 17 heavy (non-hydrogen) atoms. The fourth-order valence-corrected chi connectivity index (χ4v) is 1.74. The van der Waals surface area contributed by atoms with Gasteiger partial charge in [-0.2, -0.15) is 0 Å². The Morgan fingerprint density at radius 2 is 2.06 bits per heavy atom. The summed E-state index contributed by atoms with van der Waals surface area (Å²) in [5.74, 6) is 1.03. The molecule has 0 amide bonds. The Balaban J connectivity index is 2.63. The van der Waals surface area contributed by atoms with E-state index in [4.69, 9.17) is 19.0 Å². The van der Waals surface area contributed by atoms with Crippen LogP contribution in [0.5, 0.6) is 23.0 Å². The second-order valence-corrected chi connectivity index (χ2v) is 3.34. The highest BCUT2D eigenvalue weighted by molar-refractivity contribution is 6.09. The molecule has 0 fully saturated rings. The zero-order valence-corrected chi connectivity index (χ0v) is 9.81. The molecule has 0 aliphatic carbocycles. The van der Waals surface area contributed by atoms with Gasteiger partial charge in [-0.3, -0.25) is 0 Å². The van der Waals surface area contributed by atoms with Crippen LogP contribution < -0.4 is 14.2 Å². The van der Waals surface area contributed by atoms with Crippen molar-refractivity contribution in [1.29, 1.82) is 0 Å². The number of phenols is 1. The number of benzene rings is 1. The molecule has 0 bridgehead atoms. The normalized spacial score (nSPS) is 15.4. The van der Waals surface area contributed by atoms with E-state index < -0.39 is 0 Å². The van der Waals surface area contributed by atoms with Crippen LogP contribution in [0.4, 0.5) is 0 Å². The highest BCUT2D eigenvalue weighted by Crippen LogP contribution is 2.46. The number of oxime groups is 1. The van der Waals surface area contributed by atoms with Gasteiger partial charge in [0.25, 0.3) is 0 Å². The van der Waals surface area contributed by atoms with Gasteiger partial charge in [0, 0.05) is 6.07 Å². The fourth-order valence-electron chi connectivity index (χ4n) is 1.74. The average Bonchev–Trinajstić information content (AvgIpc) is 2.72. The summed E-state index contributed by atoms with van der Waals surface area (Å²) >= 11 is 0. The lowest BCUT2D eigenvalue weighted by Gasteiger charge is -2.11. The van der Waals surface area contributed by atoms with Crippen LogP contribution in [0, 0.1) is 0 Å². The van der Waals surface area contributed by atoms with Gasteiger partial charge in [-0.05, 0) is 0 Å². The molecule has 1 N–H and O–H groups in total. The van der Waals surface area contributed by atoms with Gasteiger partial charge in [-0.25, -0.2) is 0 Å². The summed E-state index contributed by atoms with van der Waals surface area (Å²) in [6.07, 6.45) is 0. The molecule has 6 nitrogen and oxygen atoms in total. The smallest absolute Gasteiger partial charge is 0.201 e. The molecular weight excluding hydrogens is 226 g/mol. The third-order valence-electron chi connectivity index (χ3n) is 2.46. The Morgan fingerprint density at radius 3 is 2.65 bits per heavy atom. The van der Waals surface area contributed by atoms with E-state index >= 15 is 0 Å². The number of fused-ring (bicyclic) bond motifs is 1. The Hall–Kier alpha value is -2.11. The standard InChI is InChI=1S/C11H13NO5/c1-14-8-4-7-9(11(15-2)10(8)13)6(5-17-7)12-16-3/h4,13H,5H2,1-3H3. The van der Waals surface area contributed by atoms with Crippen molar-refractivity contribution >= 4 is 5.71 Å². The number of phenolic OH excluding ortho intramolecular Hbond substituents is 1. The van der Waals surface area contributed by atoms with E-state index in [1.54, 1.807) is 6.07 Å². The van der Waals surface area contributed by atoms with Crippen molar-refractivity contribution in [3.8, 4) is 23.0 Å². The molecular formula is C11H13NO5. The number of rotatable bonds is 3. The molecule has 0 spiro atoms. The molecule has 1 aliphatic rings. The van der Waals surface area contributed by atoms with E-state index in [0.717, 1.165) is 0 Å². The Bertz CT molecular complexity index is 469. The predicted octanol–water partition coefficient (Wildman–Crippen LogP) is 1.15. The summed E-state index contributed by atoms with van der Waals surface area (Å²) in [5.41, 5.74) is 1.16. The number of nitrogens with zero attached hydrogens (tertiary/aromatic N) is 1. The third kappa shape index (κ3) is 1.71. The molecule has 1 aromatic carbocycles. The van der Waals surface area contributed by atoms with Crippen molar-refractivity contribution in [3.63, 3.8) is 0 Å². The zero-order valence-electron chi connectivity index (χ0n) is 9.81. The second-order valence-electron chi connectivity index (χ2n) is 3.34. The number of aromatic hydroxyl groups is 1. The first-order chi connectivity index (χ1) is 8.22. The first-order valence-corrected chi connectivity index (χ1v) is 4.94. The molecule has 0 radical (unpaired) electrons. The van der Waals surface area contributed by atoms with Gasteiger partial charge >= 0.3 is 0 Å². The van der Waals surface area contributed by atoms with Gasteiger partial charge in [-0.15, -0.1) is 0 Å². The molecule has 0 saturated carbocycles. The van der Waals surface area contributed by atoms with E-state index in [9.17, 15) is 5.11 Å². The van der Waals surface area contributed by atoms with Gasteiger partial charge in [0.2, 0.25) is 5.75 Å².